The molecule has 0 spiro atoms. The van der Waals surface area contributed by atoms with Crippen LogP contribution in [-0.2, 0) is 6.54 Å². The molecule has 1 N–H and O–H groups in total. The van der Waals surface area contributed by atoms with Gasteiger partial charge in [0.05, 0.1) is 5.69 Å². The van der Waals surface area contributed by atoms with Crippen LogP contribution >= 0.6 is 0 Å². The maximum absolute atomic E-state index is 4.42. The van der Waals surface area contributed by atoms with Gasteiger partial charge in [-0.05, 0) is 36.8 Å². The van der Waals surface area contributed by atoms with Crippen molar-refractivity contribution in [3.63, 3.8) is 0 Å². The maximum Gasteiger partial charge on any atom is 0.0570 e. The van der Waals surface area contributed by atoms with E-state index < -0.39 is 0 Å². The van der Waals surface area contributed by atoms with Crippen molar-refractivity contribution < 1.29 is 0 Å². The fraction of sp³-hybridized carbons (Fsp3) is 0.643. The second-order valence-corrected chi connectivity index (χ2v) is 5.58. The van der Waals surface area contributed by atoms with Crippen LogP contribution in [0.4, 0.5) is 0 Å². The zero-order chi connectivity index (χ0) is 11.6. The number of nitrogens with one attached hydrogen (secondary N) is 1. The molecule has 16 heavy (non-hydrogen) atoms. The first-order valence-corrected chi connectivity index (χ1v) is 6.23. The van der Waals surface area contributed by atoms with Gasteiger partial charge in [0.2, 0.25) is 0 Å². The lowest BCUT2D eigenvalue weighted by atomic mass is 9.87. The van der Waals surface area contributed by atoms with Crippen LogP contribution < -0.4 is 5.32 Å². The molecule has 1 aromatic rings. The predicted octanol–water partition coefficient (Wildman–Crippen LogP) is 3.06. The molecule has 1 atom stereocenters. The molecule has 88 valence electrons. The number of rotatable bonds is 3. The summed E-state index contributed by atoms with van der Waals surface area (Å²) in [4.78, 5) is 4.42. The fourth-order valence-electron chi connectivity index (χ4n) is 2.63. The normalized spacial score (nSPS) is 23.6. The molecule has 0 saturated heterocycles. The summed E-state index contributed by atoms with van der Waals surface area (Å²) in [7, 11) is 0. The van der Waals surface area contributed by atoms with Crippen LogP contribution in [0.2, 0.25) is 0 Å². The van der Waals surface area contributed by atoms with Crippen LogP contribution in [0.1, 0.15) is 44.4 Å². The molecule has 0 radical (unpaired) electrons. The molecule has 1 heterocycles. The Kier molecular flexibility index (Phi) is 3.29. The van der Waals surface area contributed by atoms with Gasteiger partial charge in [0, 0.05) is 18.8 Å². The Bertz CT molecular complexity index is 358. The molecule has 1 fully saturated rings. The number of pyridine rings is 1. The highest BCUT2D eigenvalue weighted by Crippen LogP contribution is 2.37. The fourth-order valence-corrected chi connectivity index (χ4v) is 2.63. The predicted molar refractivity (Wildman–Crippen MR) is 67.2 cm³/mol. The largest absolute Gasteiger partial charge is 0.308 e. The summed E-state index contributed by atoms with van der Waals surface area (Å²) in [6.45, 7) is 7.76. The van der Waals surface area contributed by atoms with Crippen LogP contribution in [-0.4, -0.2) is 11.0 Å². The highest BCUT2D eigenvalue weighted by atomic mass is 15.0. The van der Waals surface area contributed by atoms with Gasteiger partial charge < -0.3 is 5.32 Å². The van der Waals surface area contributed by atoms with Crippen molar-refractivity contribution in [2.45, 2.75) is 52.6 Å². The molecular formula is C14H22N2. The van der Waals surface area contributed by atoms with E-state index in [4.69, 9.17) is 0 Å². The lowest BCUT2D eigenvalue weighted by molar-refractivity contribution is 0.281. The molecule has 1 aliphatic carbocycles. The van der Waals surface area contributed by atoms with Crippen molar-refractivity contribution in [2.24, 2.45) is 5.41 Å². The minimum atomic E-state index is 0.447. The van der Waals surface area contributed by atoms with Gasteiger partial charge in [0.1, 0.15) is 0 Å². The summed E-state index contributed by atoms with van der Waals surface area (Å²) in [5, 5.41) is 3.67. The van der Waals surface area contributed by atoms with E-state index in [0.717, 1.165) is 6.54 Å². The Morgan fingerprint density at radius 2 is 2.31 bits per heavy atom. The van der Waals surface area contributed by atoms with E-state index >= 15 is 0 Å². The Balaban J connectivity index is 1.95. The van der Waals surface area contributed by atoms with E-state index in [9.17, 15) is 0 Å². The molecule has 2 heteroatoms. The van der Waals surface area contributed by atoms with Gasteiger partial charge in [-0.15, -0.1) is 0 Å². The third-order valence-corrected chi connectivity index (χ3v) is 3.89. The maximum atomic E-state index is 4.42. The average molecular weight is 218 g/mol. The third kappa shape index (κ3) is 2.43. The topological polar surface area (TPSA) is 24.9 Å². The van der Waals surface area contributed by atoms with Gasteiger partial charge in [-0.2, -0.15) is 0 Å². The molecule has 0 amide bonds. The lowest BCUT2D eigenvalue weighted by Gasteiger charge is -2.28. The lowest BCUT2D eigenvalue weighted by Crippen LogP contribution is -2.37. The number of nitrogens with zero attached hydrogens (tertiary/aromatic N) is 1. The average Bonchev–Trinajstić information content (AvgIpc) is 2.57. The number of hydrogen-bond acceptors (Lipinski definition) is 2. The smallest absolute Gasteiger partial charge is 0.0570 e. The highest BCUT2D eigenvalue weighted by Gasteiger charge is 2.33. The van der Waals surface area contributed by atoms with Crippen LogP contribution in [0, 0.1) is 12.3 Å². The second kappa shape index (κ2) is 4.54. The highest BCUT2D eigenvalue weighted by molar-refractivity contribution is 5.17. The van der Waals surface area contributed by atoms with Gasteiger partial charge >= 0.3 is 0 Å². The molecule has 1 unspecified atom stereocenters. The van der Waals surface area contributed by atoms with Gasteiger partial charge in [0.15, 0.2) is 0 Å². The van der Waals surface area contributed by atoms with Gasteiger partial charge in [0.25, 0.3) is 0 Å². The van der Waals surface area contributed by atoms with Crippen molar-refractivity contribution in [1.29, 1.82) is 0 Å². The standard InChI is InChI=1S/C14H22N2/c1-11-6-5-9-15-12(11)10-16-13-7-4-8-14(13,2)3/h5-6,9,13,16H,4,7-8,10H2,1-3H3. The quantitative estimate of drug-likeness (QED) is 0.843. The van der Waals surface area contributed by atoms with Gasteiger partial charge in [-0.25, -0.2) is 0 Å². The summed E-state index contributed by atoms with van der Waals surface area (Å²) in [5.74, 6) is 0. The van der Waals surface area contributed by atoms with E-state index in [1.54, 1.807) is 0 Å². The van der Waals surface area contributed by atoms with E-state index in [0.29, 0.717) is 11.5 Å². The first kappa shape index (κ1) is 11.6. The molecule has 0 bridgehead atoms. The third-order valence-electron chi connectivity index (χ3n) is 3.89. The zero-order valence-electron chi connectivity index (χ0n) is 10.6. The van der Waals surface area contributed by atoms with Crippen molar-refractivity contribution in [1.82, 2.24) is 10.3 Å². The van der Waals surface area contributed by atoms with E-state index in [2.05, 4.69) is 37.1 Å². The van der Waals surface area contributed by atoms with Crippen molar-refractivity contribution >= 4 is 0 Å². The van der Waals surface area contributed by atoms with Crippen LogP contribution in [0.15, 0.2) is 18.3 Å². The molecule has 2 rings (SSSR count). The molecule has 1 saturated carbocycles. The molecule has 1 aromatic heterocycles. The first-order chi connectivity index (χ1) is 7.59. The Morgan fingerprint density at radius 1 is 1.50 bits per heavy atom. The van der Waals surface area contributed by atoms with E-state index in [1.165, 1.54) is 30.5 Å². The minimum Gasteiger partial charge on any atom is -0.308 e. The van der Waals surface area contributed by atoms with Crippen LogP contribution in [0.3, 0.4) is 0 Å². The number of hydrogen-bond donors (Lipinski definition) is 1. The summed E-state index contributed by atoms with van der Waals surface area (Å²) in [6.07, 6.45) is 5.88. The monoisotopic (exact) mass is 218 g/mol. The Labute approximate surface area is 98.5 Å². The molecular weight excluding hydrogens is 196 g/mol. The van der Waals surface area contributed by atoms with Gasteiger partial charge in [-0.3, -0.25) is 4.98 Å². The summed E-state index contributed by atoms with van der Waals surface area (Å²) in [6, 6.07) is 4.77. The van der Waals surface area contributed by atoms with Crippen molar-refractivity contribution in [2.75, 3.05) is 0 Å². The van der Waals surface area contributed by atoms with Crippen LogP contribution in [0.25, 0.3) is 0 Å². The van der Waals surface area contributed by atoms with Crippen molar-refractivity contribution in [3.05, 3.63) is 29.6 Å². The summed E-state index contributed by atoms with van der Waals surface area (Å²) in [5.41, 5.74) is 2.92. The minimum absolute atomic E-state index is 0.447. The van der Waals surface area contributed by atoms with Gasteiger partial charge in [-0.1, -0.05) is 26.3 Å². The first-order valence-electron chi connectivity index (χ1n) is 6.23. The SMILES string of the molecule is Cc1cccnc1CNC1CCCC1(C)C. The van der Waals surface area contributed by atoms with E-state index in [1.807, 2.05) is 12.3 Å². The van der Waals surface area contributed by atoms with Crippen molar-refractivity contribution in [3.8, 4) is 0 Å². The van der Waals surface area contributed by atoms with E-state index in [-0.39, 0.29) is 0 Å². The second-order valence-electron chi connectivity index (χ2n) is 5.58. The molecule has 0 aromatic carbocycles. The summed E-state index contributed by atoms with van der Waals surface area (Å²) < 4.78 is 0. The molecule has 0 aliphatic heterocycles. The number of aryl methyl sites for hydroxylation is 1. The molecule has 1 aliphatic rings. The number of aromatic nitrogens is 1. The van der Waals surface area contributed by atoms with Crippen LogP contribution in [0.5, 0.6) is 0 Å². The molecule has 2 nitrogen and oxygen atoms in total. The Morgan fingerprint density at radius 3 is 2.94 bits per heavy atom. The Hall–Kier alpha value is -0.890. The summed E-state index contributed by atoms with van der Waals surface area (Å²) >= 11 is 0. The zero-order valence-corrected chi connectivity index (χ0v) is 10.6.